The van der Waals surface area contributed by atoms with Crippen LogP contribution in [0.15, 0.2) is 36.4 Å². The van der Waals surface area contributed by atoms with Crippen LogP contribution in [0.25, 0.3) is 0 Å². The molecule has 0 fully saturated rings. The van der Waals surface area contributed by atoms with Crippen molar-refractivity contribution in [3.8, 4) is 34.5 Å². The Labute approximate surface area is 305 Å². The van der Waals surface area contributed by atoms with Gasteiger partial charge >= 0.3 is 5.97 Å². The van der Waals surface area contributed by atoms with Crippen LogP contribution in [0.3, 0.4) is 0 Å². The third-order valence-electron chi connectivity index (χ3n) is 6.35. The first kappa shape index (κ1) is 37.2. The molecule has 0 aliphatic heterocycles. The van der Waals surface area contributed by atoms with Crippen LogP contribution in [0.1, 0.15) is 72.4 Å². The number of hydrogen-bond donors (Lipinski definition) is 0. The summed E-state index contributed by atoms with van der Waals surface area (Å²) < 4.78 is 42.5. The van der Waals surface area contributed by atoms with E-state index in [1.807, 2.05) is 20.8 Å². The lowest BCUT2D eigenvalue weighted by atomic mass is 9.98. The molecule has 0 aromatic heterocycles. The van der Waals surface area contributed by atoms with Gasteiger partial charge in [0.15, 0.2) is 40.6 Å². The Hall–Kier alpha value is -2.21. The number of ketones is 1. The quantitative estimate of drug-likeness (QED) is 0.0749. The topological polar surface area (TPSA) is 98.8 Å². The Kier molecular flexibility index (Phi) is 15.1. The number of rotatable bonds is 17. The Bertz CT molecular complexity index is 1490. The van der Waals surface area contributed by atoms with Crippen LogP contribution >= 0.6 is 67.8 Å². The van der Waals surface area contributed by atoms with Gasteiger partial charge in [0.05, 0.1) is 57.4 Å². The molecule has 9 nitrogen and oxygen atoms in total. The third-order valence-corrected chi connectivity index (χ3v) is 8.75. The second-order valence-corrected chi connectivity index (χ2v) is 13.2. The largest absolute Gasteiger partial charge is 0.493 e. The van der Waals surface area contributed by atoms with Crippen molar-refractivity contribution in [2.24, 2.45) is 0 Å². The van der Waals surface area contributed by atoms with Crippen molar-refractivity contribution >= 4 is 79.5 Å². The number of carbonyl (C=O) groups excluding carboxylic acids is 2. The highest BCUT2D eigenvalue weighted by Crippen LogP contribution is 2.40. The number of hydrogen-bond acceptors (Lipinski definition) is 9. The molecule has 0 saturated heterocycles. The van der Waals surface area contributed by atoms with E-state index >= 15 is 0 Å². The maximum Gasteiger partial charge on any atom is 0.339 e. The summed E-state index contributed by atoms with van der Waals surface area (Å²) in [6.07, 6.45) is 1.10. The molecule has 0 N–H and O–H groups in total. The third kappa shape index (κ3) is 9.42. The van der Waals surface area contributed by atoms with Gasteiger partial charge in [-0.25, -0.2) is 4.79 Å². The Morgan fingerprint density at radius 3 is 1.44 bits per heavy atom. The molecular formula is C33H37I3O9. The van der Waals surface area contributed by atoms with Crippen LogP contribution in [0, 0.1) is 10.7 Å². The number of methoxy groups -OCH3 is 3. The molecule has 1 atom stereocenters. The van der Waals surface area contributed by atoms with Crippen molar-refractivity contribution < 1.29 is 42.7 Å². The smallest absolute Gasteiger partial charge is 0.339 e. The minimum atomic E-state index is -1.33. The lowest BCUT2D eigenvalue weighted by Gasteiger charge is -2.21. The van der Waals surface area contributed by atoms with Crippen LogP contribution in [-0.4, -0.2) is 52.9 Å². The highest BCUT2D eigenvalue weighted by Gasteiger charge is 2.31. The zero-order valence-corrected chi connectivity index (χ0v) is 32.6. The molecule has 3 rings (SSSR count). The van der Waals surface area contributed by atoms with Gasteiger partial charge in [0.25, 0.3) is 0 Å². The van der Waals surface area contributed by atoms with Gasteiger partial charge in [0.1, 0.15) is 0 Å². The minimum Gasteiger partial charge on any atom is -0.493 e. The monoisotopic (exact) mass is 958 g/mol. The molecule has 0 saturated carbocycles. The molecule has 244 valence electrons. The van der Waals surface area contributed by atoms with Crippen molar-refractivity contribution in [1.82, 2.24) is 0 Å². The highest BCUT2D eigenvalue weighted by atomic mass is 127. The standard InChI is InChI=1S/C33H37I3O9/c1-7-10-42-30-22(34)13-19(16-25(30)39-4)28(37)29(20-14-23(35)31(43-11-8-2)26(17-20)40-5)45-33(38)21-15-24(36)32(44-12-9-3)27(18-21)41-6/h13-18,29H,7-12H2,1-6H3. The van der Waals surface area contributed by atoms with E-state index < -0.39 is 17.9 Å². The van der Waals surface area contributed by atoms with Crippen LogP contribution in [0.4, 0.5) is 0 Å². The van der Waals surface area contributed by atoms with E-state index in [1.165, 1.54) is 21.3 Å². The molecule has 0 heterocycles. The average molecular weight is 958 g/mol. The molecule has 0 radical (unpaired) electrons. The summed E-state index contributed by atoms with van der Waals surface area (Å²) in [4.78, 5) is 28.0. The molecule has 0 spiro atoms. The zero-order chi connectivity index (χ0) is 33.1. The van der Waals surface area contributed by atoms with E-state index in [0.29, 0.717) is 70.6 Å². The summed E-state index contributed by atoms with van der Waals surface area (Å²) in [7, 11) is 4.54. The molecule has 3 aromatic carbocycles. The Morgan fingerprint density at radius 1 is 0.600 bits per heavy atom. The van der Waals surface area contributed by atoms with Crippen molar-refractivity contribution in [2.45, 2.75) is 46.1 Å². The van der Waals surface area contributed by atoms with E-state index in [4.69, 9.17) is 33.2 Å². The average Bonchev–Trinajstić information content (AvgIpc) is 3.03. The molecule has 0 amide bonds. The van der Waals surface area contributed by atoms with Crippen LogP contribution in [0.5, 0.6) is 34.5 Å². The van der Waals surface area contributed by atoms with Gasteiger partial charge in [-0.3, -0.25) is 4.79 Å². The number of halogens is 3. The van der Waals surface area contributed by atoms with Gasteiger partial charge in [0.2, 0.25) is 5.78 Å². The fourth-order valence-corrected chi connectivity index (χ4v) is 6.52. The first-order chi connectivity index (χ1) is 21.6. The number of esters is 1. The number of carbonyl (C=O) groups is 2. The lowest BCUT2D eigenvalue weighted by molar-refractivity contribution is 0.0279. The predicted molar refractivity (Wildman–Crippen MR) is 197 cm³/mol. The molecule has 1 unspecified atom stereocenters. The van der Waals surface area contributed by atoms with Crippen molar-refractivity contribution in [1.29, 1.82) is 0 Å². The molecule has 45 heavy (non-hydrogen) atoms. The van der Waals surface area contributed by atoms with E-state index in [2.05, 4.69) is 67.8 Å². The van der Waals surface area contributed by atoms with Crippen molar-refractivity contribution in [3.05, 3.63) is 63.8 Å². The van der Waals surface area contributed by atoms with Crippen LogP contribution in [0.2, 0.25) is 0 Å². The summed E-state index contributed by atoms with van der Waals surface area (Å²) in [6.45, 7) is 7.50. The summed E-state index contributed by atoms with van der Waals surface area (Å²) in [5, 5.41) is 0. The SMILES string of the molecule is CCCOc1c(I)cc(C(=O)OC(C(=O)c2cc(I)c(OCCC)c(OC)c2)c2cc(I)c(OCCC)c(OC)c2)cc1OC. The second-order valence-electron chi connectivity index (χ2n) is 9.71. The lowest BCUT2D eigenvalue weighted by Crippen LogP contribution is -2.21. The molecule has 0 aliphatic rings. The molecular weight excluding hydrogens is 921 g/mol. The molecule has 0 bridgehead atoms. The second kappa shape index (κ2) is 18.2. The van der Waals surface area contributed by atoms with Crippen molar-refractivity contribution in [2.75, 3.05) is 41.2 Å². The van der Waals surface area contributed by atoms with Gasteiger partial charge < -0.3 is 33.2 Å². The van der Waals surface area contributed by atoms with E-state index in [1.54, 1.807) is 36.4 Å². The maximum atomic E-state index is 14.3. The van der Waals surface area contributed by atoms with Crippen LogP contribution < -0.4 is 28.4 Å². The van der Waals surface area contributed by atoms with Gasteiger partial charge in [-0.15, -0.1) is 0 Å². The van der Waals surface area contributed by atoms with Crippen molar-refractivity contribution in [3.63, 3.8) is 0 Å². The molecule has 3 aromatic rings. The van der Waals surface area contributed by atoms with Crippen LogP contribution in [-0.2, 0) is 4.74 Å². The summed E-state index contributed by atoms with van der Waals surface area (Å²) in [5.41, 5.74) is 0.912. The zero-order valence-electron chi connectivity index (χ0n) is 26.1. The van der Waals surface area contributed by atoms with E-state index in [9.17, 15) is 9.59 Å². The van der Waals surface area contributed by atoms with E-state index in [-0.39, 0.29) is 11.1 Å². The summed E-state index contributed by atoms with van der Waals surface area (Å²) in [5.74, 6) is 1.69. The fourth-order valence-electron chi connectivity index (χ4n) is 4.22. The minimum absolute atomic E-state index is 0.206. The number of Topliss-reactive ketones (excluding diaryl/α,β-unsaturated/α-hetero) is 1. The number of ether oxygens (including phenoxy) is 7. The number of benzene rings is 3. The molecule has 0 aliphatic carbocycles. The first-order valence-corrected chi connectivity index (χ1v) is 17.6. The fraction of sp³-hybridized carbons (Fsp3) is 0.394. The Balaban J connectivity index is 2.13. The van der Waals surface area contributed by atoms with Gasteiger partial charge in [-0.2, -0.15) is 0 Å². The maximum absolute atomic E-state index is 14.3. The van der Waals surface area contributed by atoms with Gasteiger partial charge in [0, 0.05) is 11.1 Å². The summed E-state index contributed by atoms with van der Waals surface area (Å²) >= 11 is 6.33. The Morgan fingerprint density at radius 2 is 1.00 bits per heavy atom. The summed E-state index contributed by atoms with van der Waals surface area (Å²) in [6, 6.07) is 9.92. The van der Waals surface area contributed by atoms with Gasteiger partial charge in [-0.05, 0) is 123 Å². The first-order valence-electron chi connectivity index (χ1n) is 14.4. The molecule has 12 heteroatoms. The van der Waals surface area contributed by atoms with E-state index in [0.717, 1.165) is 19.3 Å². The van der Waals surface area contributed by atoms with Gasteiger partial charge in [-0.1, -0.05) is 20.8 Å². The normalized spacial score (nSPS) is 11.4. The predicted octanol–water partition coefficient (Wildman–Crippen LogP) is 8.67. The highest BCUT2D eigenvalue weighted by molar-refractivity contribution is 14.1.